The van der Waals surface area contributed by atoms with Crippen LogP contribution in [0, 0.1) is 0 Å². The molecule has 0 aromatic carbocycles. The normalized spacial score (nSPS) is 10.4. The first kappa shape index (κ1) is 9.13. The van der Waals surface area contributed by atoms with Crippen molar-refractivity contribution < 1.29 is 9.90 Å². The van der Waals surface area contributed by atoms with Gasteiger partial charge in [-0.25, -0.2) is 0 Å². The predicted molar refractivity (Wildman–Crippen MR) is 49.4 cm³/mol. The van der Waals surface area contributed by atoms with Gasteiger partial charge in [-0.1, -0.05) is 0 Å². The molecule has 0 aliphatic rings. The van der Waals surface area contributed by atoms with Crippen LogP contribution in [0.2, 0.25) is 0 Å². The fraction of sp³-hybridized carbons (Fsp3) is 0. The molecule has 7 heteroatoms. The molecule has 2 aromatic rings. The topological polar surface area (TPSA) is 111 Å². The maximum absolute atomic E-state index is 11.6. The van der Waals surface area contributed by atoms with E-state index in [1.165, 1.54) is 18.6 Å². The van der Waals surface area contributed by atoms with E-state index in [9.17, 15) is 14.7 Å². The lowest BCUT2D eigenvalue weighted by Crippen LogP contribution is -2.27. The molecule has 76 valence electrons. The van der Waals surface area contributed by atoms with E-state index in [-0.39, 0.29) is 5.65 Å². The van der Waals surface area contributed by atoms with Crippen molar-refractivity contribution in [1.29, 1.82) is 0 Å². The van der Waals surface area contributed by atoms with E-state index in [1.54, 1.807) is 0 Å². The highest BCUT2D eigenvalue weighted by Crippen LogP contribution is 2.08. The molecule has 3 N–H and O–H groups in total. The van der Waals surface area contributed by atoms with E-state index in [1.807, 2.05) is 0 Å². The molecule has 7 nitrogen and oxygen atoms in total. The molecule has 0 radical (unpaired) electrons. The van der Waals surface area contributed by atoms with Crippen molar-refractivity contribution in [3.63, 3.8) is 0 Å². The average molecular weight is 206 g/mol. The van der Waals surface area contributed by atoms with Gasteiger partial charge in [0.15, 0.2) is 11.2 Å². The van der Waals surface area contributed by atoms with E-state index in [4.69, 9.17) is 5.73 Å². The van der Waals surface area contributed by atoms with Crippen molar-refractivity contribution in [2.45, 2.75) is 0 Å². The summed E-state index contributed by atoms with van der Waals surface area (Å²) in [7, 11) is 0. The van der Waals surface area contributed by atoms with Crippen LogP contribution >= 0.6 is 0 Å². The fourth-order valence-corrected chi connectivity index (χ4v) is 1.20. The number of amides is 1. The molecular formula is C8H6N4O3. The highest BCUT2D eigenvalue weighted by molar-refractivity contribution is 5.94. The van der Waals surface area contributed by atoms with Crippen molar-refractivity contribution in [2.24, 2.45) is 5.73 Å². The fourth-order valence-electron chi connectivity index (χ4n) is 1.20. The Balaban J connectivity index is 2.97. The molecule has 0 unspecified atom stereocenters. The second-order valence-corrected chi connectivity index (χ2v) is 2.78. The van der Waals surface area contributed by atoms with E-state index < -0.39 is 22.9 Å². The summed E-state index contributed by atoms with van der Waals surface area (Å²) in [5.41, 5.74) is 3.84. The third-order valence-corrected chi connectivity index (χ3v) is 1.86. The molecule has 0 aliphatic carbocycles. The highest BCUT2D eigenvalue weighted by atomic mass is 16.3. The van der Waals surface area contributed by atoms with Crippen LogP contribution in [0.15, 0.2) is 23.4 Å². The lowest BCUT2D eigenvalue weighted by Gasteiger charge is -2.02. The summed E-state index contributed by atoms with van der Waals surface area (Å²) in [5, 5.41) is 9.31. The average Bonchev–Trinajstić information content (AvgIpc) is 2.17. The number of nitrogens with two attached hydrogens (primary N) is 1. The summed E-state index contributed by atoms with van der Waals surface area (Å²) in [5.74, 6) is -1.70. The van der Waals surface area contributed by atoms with Crippen molar-refractivity contribution in [3.05, 3.63) is 34.5 Å². The van der Waals surface area contributed by atoms with Gasteiger partial charge in [-0.2, -0.15) is 4.98 Å². The second-order valence-electron chi connectivity index (χ2n) is 2.78. The first-order valence-corrected chi connectivity index (χ1v) is 3.96. The second kappa shape index (κ2) is 3.05. The number of aromatic nitrogens is 3. The molecule has 1 amide bonds. The van der Waals surface area contributed by atoms with E-state index in [0.717, 1.165) is 4.40 Å². The molecule has 0 saturated heterocycles. The van der Waals surface area contributed by atoms with Gasteiger partial charge in [-0.05, 0) is 0 Å². The Kier molecular flexibility index (Phi) is 1.86. The summed E-state index contributed by atoms with van der Waals surface area (Å²) < 4.78 is 1.08. The van der Waals surface area contributed by atoms with Crippen LogP contribution in [0.25, 0.3) is 5.65 Å². The Morgan fingerprint density at radius 3 is 2.93 bits per heavy atom. The lowest BCUT2D eigenvalue weighted by molar-refractivity contribution is 0.0995. The van der Waals surface area contributed by atoms with Gasteiger partial charge < -0.3 is 10.8 Å². The number of carbonyl (C=O) groups is 1. The van der Waals surface area contributed by atoms with Gasteiger partial charge in [0.1, 0.15) is 0 Å². The number of rotatable bonds is 1. The van der Waals surface area contributed by atoms with Gasteiger partial charge in [0, 0.05) is 12.4 Å². The quantitative estimate of drug-likeness (QED) is 0.614. The molecule has 0 atom stereocenters. The molecule has 0 fully saturated rings. The summed E-state index contributed by atoms with van der Waals surface area (Å²) in [6.45, 7) is 0. The maximum atomic E-state index is 11.6. The van der Waals surface area contributed by atoms with Crippen molar-refractivity contribution >= 4 is 11.6 Å². The molecule has 0 saturated carbocycles. The highest BCUT2D eigenvalue weighted by Gasteiger charge is 2.16. The molecule has 2 rings (SSSR count). The number of hydrogen-bond acceptors (Lipinski definition) is 5. The van der Waals surface area contributed by atoms with Crippen molar-refractivity contribution in [3.8, 4) is 5.88 Å². The zero-order chi connectivity index (χ0) is 11.0. The Hall–Kier alpha value is -2.44. The molecule has 0 spiro atoms. The summed E-state index contributed by atoms with van der Waals surface area (Å²) in [6, 6.07) is 0. The molecule has 2 aromatic heterocycles. The zero-order valence-electron chi connectivity index (χ0n) is 7.41. The summed E-state index contributed by atoms with van der Waals surface area (Å²) in [4.78, 5) is 29.8. The third kappa shape index (κ3) is 1.30. The van der Waals surface area contributed by atoms with Gasteiger partial charge in [-0.15, -0.1) is 0 Å². The van der Waals surface area contributed by atoms with Crippen LogP contribution in [-0.2, 0) is 0 Å². The number of primary amides is 1. The lowest BCUT2D eigenvalue weighted by atomic mass is 10.3. The Labute approximate surface area is 82.8 Å². The van der Waals surface area contributed by atoms with Crippen LogP contribution in [0.1, 0.15) is 10.4 Å². The van der Waals surface area contributed by atoms with Crippen molar-refractivity contribution in [2.75, 3.05) is 0 Å². The maximum Gasteiger partial charge on any atom is 0.274 e. The van der Waals surface area contributed by atoms with Crippen molar-refractivity contribution in [1.82, 2.24) is 14.4 Å². The number of carbonyl (C=O) groups excluding carboxylic acids is 1. The summed E-state index contributed by atoms with van der Waals surface area (Å²) in [6.07, 6.45) is 3.97. The largest absolute Gasteiger partial charge is 0.493 e. The summed E-state index contributed by atoms with van der Waals surface area (Å²) >= 11 is 0. The van der Waals surface area contributed by atoms with Gasteiger partial charge in [-0.3, -0.25) is 19.0 Å². The Morgan fingerprint density at radius 2 is 2.27 bits per heavy atom. The van der Waals surface area contributed by atoms with Gasteiger partial charge in [0.2, 0.25) is 5.88 Å². The standard InChI is InChI=1S/C8H6N4O3/c9-6(13)5-7(14)11-4-3-10-1-2-12(4)8(5)15/h1-3,14H,(H2,9,13). The number of hydrogen-bond donors (Lipinski definition) is 2. The first-order chi connectivity index (χ1) is 7.11. The van der Waals surface area contributed by atoms with Crippen LogP contribution in [0.3, 0.4) is 0 Å². The number of fused-ring (bicyclic) bond motifs is 1. The monoisotopic (exact) mass is 206 g/mol. The Morgan fingerprint density at radius 1 is 1.53 bits per heavy atom. The van der Waals surface area contributed by atoms with Gasteiger partial charge >= 0.3 is 0 Å². The molecule has 15 heavy (non-hydrogen) atoms. The zero-order valence-corrected chi connectivity index (χ0v) is 7.41. The van der Waals surface area contributed by atoms with Crippen LogP contribution in [0.5, 0.6) is 5.88 Å². The van der Waals surface area contributed by atoms with Crippen LogP contribution in [0.4, 0.5) is 0 Å². The molecular weight excluding hydrogens is 200 g/mol. The minimum Gasteiger partial charge on any atom is -0.493 e. The molecule has 0 aliphatic heterocycles. The van der Waals surface area contributed by atoms with E-state index in [0.29, 0.717) is 0 Å². The van der Waals surface area contributed by atoms with Gasteiger partial charge in [0.05, 0.1) is 6.20 Å². The minimum absolute atomic E-state index is 0.144. The van der Waals surface area contributed by atoms with E-state index in [2.05, 4.69) is 9.97 Å². The minimum atomic E-state index is -1.02. The van der Waals surface area contributed by atoms with Crippen LogP contribution < -0.4 is 11.3 Å². The smallest absolute Gasteiger partial charge is 0.274 e. The number of nitrogens with zero attached hydrogens (tertiary/aromatic N) is 3. The predicted octanol–water partition coefficient (Wildman–Crippen LogP) is -1.11. The van der Waals surface area contributed by atoms with Crippen LogP contribution in [-0.4, -0.2) is 25.4 Å². The molecule has 2 heterocycles. The third-order valence-electron chi connectivity index (χ3n) is 1.86. The van der Waals surface area contributed by atoms with Gasteiger partial charge in [0.25, 0.3) is 11.5 Å². The first-order valence-electron chi connectivity index (χ1n) is 3.96. The SMILES string of the molecule is NC(=O)c1c(O)nc2cnccn2c1=O. The Bertz CT molecular complexity index is 604. The van der Waals surface area contributed by atoms with E-state index >= 15 is 0 Å². The number of aromatic hydroxyl groups is 1. The molecule has 0 bridgehead atoms.